The highest BCUT2D eigenvalue weighted by molar-refractivity contribution is 6.03. The van der Waals surface area contributed by atoms with Crippen LogP contribution < -0.4 is 0 Å². The van der Waals surface area contributed by atoms with Crippen molar-refractivity contribution in [2.24, 2.45) is 5.92 Å². The standard InChI is InChI=1S/C56H66N4O4/c1-2-12-45(13-3-1)38-46-41-57-22-30-61-34-26-59(43-55-51-18-8-4-14-47(51)39-48-15-5-9-19-52(48)55)27-35-62-31-23-58(42-46)25-33-64-37-29-60(28-36-63-32-24-57)44-56-53-20-10-6-16-49(53)40-50-17-7-11-21-54(50)56/h1-21,39-40,46H,22-38,41-44H2. The summed E-state index contributed by atoms with van der Waals surface area (Å²) in [6.45, 7) is 15.9. The van der Waals surface area contributed by atoms with E-state index in [1.54, 1.807) is 0 Å². The third kappa shape index (κ3) is 11.9. The molecule has 334 valence electrons. The van der Waals surface area contributed by atoms with Crippen LogP contribution in [0.1, 0.15) is 16.7 Å². The average molecular weight is 859 g/mol. The van der Waals surface area contributed by atoms with Crippen LogP contribution in [0.4, 0.5) is 0 Å². The maximum atomic E-state index is 6.52. The summed E-state index contributed by atoms with van der Waals surface area (Å²) in [5.41, 5.74) is 4.14. The van der Waals surface area contributed by atoms with Crippen molar-refractivity contribution in [1.29, 1.82) is 0 Å². The van der Waals surface area contributed by atoms with E-state index in [9.17, 15) is 0 Å². The van der Waals surface area contributed by atoms with Crippen molar-refractivity contribution < 1.29 is 18.9 Å². The molecule has 0 atom stereocenters. The fraction of sp³-hybridized carbons (Fsp3) is 0.393. The molecule has 7 aromatic rings. The number of benzene rings is 7. The Morgan fingerprint density at radius 3 is 1.03 bits per heavy atom. The number of hydrogen-bond acceptors (Lipinski definition) is 8. The van der Waals surface area contributed by atoms with Gasteiger partial charge in [0.25, 0.3) is 0 Å². The van der Waals surface area contributed by atoms with Crippen LogP contribution in [0.5, 0.6) is 0 Å². The normalized spacial score (nSPS) is 21.5. The van der Waals surface area contributed by atoms with Crippen LogP contribution in [0.15, 0.2) is 140 Å². The Kier molecular flexibility index (Phi) is 15.9. The van der Waals surface area contributed by atoms with Gasteiger partial charge in [-0.05, 0) is 84.3 Å². The number of rotatable bonds is 6. The van der Waals surface area contributed by atoms with Crippen molar-refractivity contribution in [2.45, 2.75) is 19.5 Å². The van der Waals surface area contributed by atoms with Gasteiger partial charge in [-0.15, -0.1) is 0 Å². The highest BCUT2D eigenvalue weighted by Gasteiger charge is 2.21. The van der Waals surface area contributed by atoms with E-state index in [4.69, 9.17) is 18.9 Å². The molecule has 0 aliphatic carbocycles. The zero-order valence-corrected chi connectivity index (χ0v) is 37.6. The van der Waals surface area contributed by atoms with Gasteiger partial charge in [0.2, 0.25) is 0 Å². The largest absolute Gasteiger partial charge is 0.379 e. The van der Waals surface area contributed by atoms with Gasteiger partial charge in [0.05, 0.1) is 52.9 Å². The van der Waals surface area contributed by atoms with Gasteiger partial charge < -0.3 is 18.9 Å². The molecular weight excluding hydrogens is 793 g/mol. The summed E-state index contributed by atoms with van der Waals surface area (Å²) < 4.78 is 26.1. The monoisotopic (exact) mass is 859 g/mol. The second-order valence-electron chi connectivity index (χ2n) is 17.8. The summed E-state index contributed by atoms with van der Waals surface area (Å²) >= 11 is 0. The van der Waals surface area contributed by atoms with E-state index in [1.165, 1.54) is 59.8 Å². The quantitative estimate of drug-likeness (QED) is 0.154. The van der Waals surface area contributed by atoms with E-state index in [0.717, 1.165) is 85.0 Å². The van der Waals surface area contributed by atoms with Crippen LogP contribution in [0, 0.1) is 5.92 Å². The third-order valence-corrected chi connectivity index (χ3v) is 13.3. The predicted octanol–water partition coefficient (Wildman–Crippen LogP) is 9.16. The maximum absolute atomic E-state index is 6.52. The van der Waals surface area contributed by atoms with Crippen molar-refractivity contribution in [1.82, 2.24) is 19.6 Å². The smallest absolute Gasteiger partial charge is 0.0594 e. The molecular formula is C56H66N4O4. The van der Waals surface area contributed by atoms with E-state index in [1.807, 2.05) is 0 Å². The van der Waals surface area contributed by atoms with Crippen molar-refractivity contribution in [3.05, 3.63) is 156 Å². The van der Waals surface area contributed by atoms with Crippen molar-refractivity contribution in [2.75, 3.05) is 118 Å². The molecule has 9 rings (SSSR count). The lowest BCUT2D eigenvalue weighted by Gasteiger charge is -2.33. The van der Waals surface area contributed by atoms with Crippen LogP contribution in [0.25, 0.3) is 43.1 Å². The molecule has 7 aromatic carbocycles. The second kappa shape index (κ2) is 22.9. The van der Waals surface area contributed by atoms with E-state index >= 15 is 0 Å². The van der Waals surface area contributed by atoms with E-state index < -0.39 is 0 Å². The molecule has 0 amide bonds. The predicted molar refractivity (Wildman–Crippen MR) is 263 cm³/mol. The van der Waals surface area contributed by atoms with Gasteiger partial charge in [0.15, 0.2) is 0 Å². The molecule has 2 aliphatic heterocycles. The van der Waals surface area contributed by atoms with Gasteiger partial charge in [-0.2, -0.15) is 0 Å². The number of nitrogens with zero attached hydrogens (tertiary/aromatic N) is 4. The van der Waals surface area contributed by atoms with Gasteiger partial charge in [-0.3, -0.25) is 19.6 Å². The SMILES string of the molecule is c1ccc(CC2CN3CCOCCN(Cc4c5ccccc5cc5ccccc45)CCOCCN(CCOCCN(Cc4c5ccccc5cc5ccccc45)CCOCC3)C2)cc1. The number of hydrogen-bond donors (Lipinski definition) is 0. The minimum absolute atomic E-state index is 0.431. The van der Waals surface area contributed by atoms with Gasteiger partial charge in [0, 0.05) is 78.5 Å². The Balaban J connectivity index is 0.911. The molecule has 64 heavy (non-hydrogen) atoms. The fourth-order valence-corrected chi connectivity index (χ4v) is 9.95. The fourth-order valence-electron chi connectivity index (χ4n) is 9.95. The first kappa shape index (κ1) is 44.5. The molecule has 0 saturated carbocycles. The summed E-state index contributed by atoms with van der Waals surface area (Å²) in [6, 6.07) is 50.9. The Labute approximate surface area is 380 Å². The molecule has 2 fully saturated rings. The summed E-state index contributed by atoms with van der Waals surface area (Å²) in [4.78, 5) is 10.2. The Bertz CT molecular complexity index is 2240. The first-order valence-electron chi connectivity index (χ1n) is 23.8. The van der Waals surface area contributed by atoms with Gasteiger partial charge >= 0.3 is 0 Å². The average Bonchev–Trinajstić information content (AvgIpc) is 3.32. The zero-order chi connectivity index (χ0) is 43.2. The maximum Gasteiger partial charge on any atom is 0.0594 e. The summed E-state index contributed by atoms with van der Waals surface area (Å²) in [5, 5.41) is 10.4. The zero-order valence-electron chi connectivity index (χ0n) is 37.6. The van der Waals surface area contributed by atoms with Crippen LogP contribution in [-0.4, -0.2) is 138 Å². The molecule has 0 spiro atoms. The highest BCUT2D eigenvalue weighted by Crippen LogP contribution is 2.31. The second-order valence-corrected chi connectivity index (χ2v) is 17.8. The van der Waals surface area contributed by atoms with E-state index in [-0.39, 0.29) is 0 Å². The molecule has 0 radical (unpaired) electrons. The highest BCUT2D eigenvalue weighted by atomic mass is 16.5. The molecule has 8 nitrogen and oxygen atoms in total. The lowest BCUT2D eigenvalue weighted by molar-refractivity contribution is 0.0223. The minimum Gasteiger partial charge on any atom is -0.379 e. The minimum atomic E-state index is 0.431. The molecule has 0 unspecified atom stereocenters. The molecule has 0 aromatic heterocycles. The lowest BCUT2D eigenvalue weighted by atomic mass is 9.96. The van der Waals surface area contributed by atoms with Crippen molar-refractivity contribution in [3.63, 3.8) is 0 Å². The summed E-state index contributed by atoms with van der Waals surface area (Å²) in [6.07, 6.45) is 1.02. The van der Waals surface area contributed by atoms with Crippen LogP contribution in [0.3, 0.4) is 0 Å². The third-order valence-electron chi connectivity index (χ3n) is 13.3. The topological polar surface area (TPSA) is 49.9 Å². The van der Waals surface area contributed by atoms with Crippen LogP contribution >= 0.6 is 0 Å². The van der Waals surface area contributed by atoms with Crippen LogP contribution in [-0.2, 0) is 38.5 Å². The van der Waals surface area contributed by atoms with Crippen LogP contribution in [0.2, 0.25) is 0 Å². The van der Waals surface area contributed by atoms with E-state index in [0.29, 0.717) is 58.8 Å². The lowest BCUT2D eigenvalue weighted by Crippen LogP contribution is -2.43. The Morgan fingerprint density at radius 2 is 0.672 bits per heavy atom. The first-order valence-corrected chi connectivity index (χ1v) is 23.8. The van der Waals surface area contributed by atoms with Gasteiger partial charge in [0.1, 0.15) is 0 Å². The number of ether oxygens (including phenoxy) is 4. The molecule has 2 bridgehead atoms. The molecule has 2 aliphatic rings. The summed E-state index contributed by atoms with van der Waals surface area (Å²) in [5.74, 6) is 0.431. The Hall–Kier alpha value is -4.74. The molecule has 8 heteroatoms. The first-order chi connectivity index (χ1) is 31.7. The molecule has 0 N–H and O–H groups in total. The molecule has 2 heterocycles. The summed E-state index contributed by atoms with van der Waals surface area (Å²) in [7, 11) is 0. The van der Waals surface area contributed by atoms with Gasteiger partial charge in [-0.1, -0.05) is 127 Å². The van der Waals surface area contributed by atoms with Crippen molar-refractivity contribution >= 4 is 43.1 Å². The molecule has 2 saturated heterocycles. The van der Waals surface area contributed by atoms with Crippen molar-refractivity contribution in [3.8, 4) is 0 Å². The van der Waals surface area contributed by atoms with E-state index in [2.05, 4.69) is 159 Å². The number of fused-ring (bicyclic) bond motifs is 8. The Morgan fingerprint density at radius 1 is 0.359 bits per heavy atom. The van der Waals surface area contributed by atoms with Gasteiger partial charge in [-0.25, -0.2) is 0 Å².